The fourth-order valence-corrected chi connectivity index (χ4v) is 2.87. The van der Waals surface area contributed by atoms with Crippen LogP contribution in [0, 0.1) is 0 Å². The molecule has 3 amide bonds. The molecule has 2 heterocycles. The van der Waals surface area contributed by atoms with Crippen molar-refractivity contribution < 1.29 is 29.4 Å². The smallest absolute Gasteiger partial charge is 0.326 e. The van der Waals surface area contributed by atoms with Crippen LogP contribution in [0.1, 0.15) is 25.2 Å². The van der Waals surface area contributed by atoms with Gasteiger partial charge in [0.25, 0.3) is 0 Å². The molecular formula is C19H28N8O6. The van der Waals surface area contributed by atoms with Crippen LogP contribution in [-0.2, 0) is 32.0 Å². The molecule has 0 aliphatic carbocycles. The molecule has 5 unspecified atom stereocenters. The number of aromatic amines is 2. The van der Waals surface area contributed by atoms with Gasteiger partial charge in [-0.25, -0.2) is 14.8 Å². The van der Waals surface area contributed by atoms with E-state index in [0.29, 0.717) is 11.4 Å². The van der Waals surface area contributed by atoms with E-state index >= 15 is 0 Å². The highest BCUT2D eigenvalue weighted by atomic mass is 16.4. The van der Waals surface area contributed by atoms with Gasteiger partial charge in [0.15, 0.2) is 0 Å². The number of amides is 3. The number of aliphatic carboxylic acids is 1. The van der Waals surface area contributed by atoms with Gasteiger partial charge in [-0.15, -0.1) is 0 Å². The van der Waals surface area contributed by atoms with E-state index < -0.39 is 54.0 Å². The van der Waals surface area contributed by atoms with E-state index in [1.165, 1.54) is 38.9 Å². The molecule has 5 atom stereocenters. The number of carbonyl (C=O) groups excluding carboxylic acids is 3. The quantitative estimate of drug-likeness (QED) is 0.162. The summed E-state index contributed by atoms with van der Waals surface area (Å²) in [6, 6.07) is -4.86. The maximum Gasteiger partial charge on any atom is 0.326 e. The van der Waals surface area contributed by atoms with E-state index in [2.05, 4.69) is 35.9 Å². The molecule has 180 valence electrons. The second kappa shape index (κ2) is 11.7. The summed E-state index contributed by atoms with van der Waals surface area (Å²) < 4.78 is 0. The van der Waals surface area contributed by atoms with Crippen molar-refractivity contribution >= 4 is 23.7 Å². The molecule has 9 N–H and O–H groups in total. The average molecular weight is 464 g/mol. The highest BCUT2D eigenvalue weighted by Crippen LogP contribution is 2.04. The molecular weight excluding hydrogens is 436 g/mol. The highest BCUT2D eigenvalue weighted by molar-refractivity contribution is 5.94. The van der Waals surface area contributed by atoms with Gasteiger partial charge in [0.1, 0.15) is 18.1 Å². The van der Waals surface area contributed by atoms with E-state index in [9.17, 15) is 29.4 Å². The Morgan fingerprint density at radius 1 is 0.909 bits per heavy atom. The number of aliphatic hydroxyl groups is 1. The Morgan fingerprint density at radius 2 is 1.42 bits per heavy atom. The Balaban J connectivity index is 2.12. The minimum atomic E-state index is -1.49. The lowest BCUT2D eigenvalue weighted by Gasteiger charge is -2.26. The SMILES string of the molecule is CC(N)C(=O)NC(Cc1cnc[nH]1)C(=O)NC(C(=O)NC(Cc1cnc[nH]1)C(=O)O)C(C)O. The number of nitrogens with one attached hydrogen (secondary N) is 5. The number of imidazole rings is 2. The van der Waals surface area contributed by atoms with Gasteiger partial charge in [-0.05, 0) is 13.8 Å². The molecule has 0 aliphatic rings. The minimum Gasteiger partial charge on any atom is -0.480 e. The van der Waals surface area contributed by atoms with Crippen molar-refractivity contribution in [1.82, 2.24) is 35.9 Å². The topological polar surface area (TPSA) is 228 Å². The van der Waals surface area contributed by atoms with Crippen LogP contribution < -0.4 is 21.7 Å². The number of rotatable bonds is 12. The maximum absolute atomic E-state index is 12.9. The van der Waals surface area contributed by atoms with Gasteiger partial charge in [0.2, 0.25) is 17.7 Å². The molecule has 0 bridgehead atoms. The van der Waals surface area contributed by atoms with E-state index in [1.54, 1.807) is 0 Å². The van der Waals surface area contributed by atoms with Crippen molar-refractivity contribution in [3.63, 3.8) is 0 Å². The van der Waals surface area contributed by atoms with Crippen LogP contribution >= 0.6 is 0 Å². The molecule has 2 aromatic rings. The van der Waals surface area contributed by atoms with E-state index in [4.69, 9.17) is 5.73 Å². The van der Waals surface area contributed by atoms with Crippen LogP contribution in [0.2, 0.25) is 0 Å². The molecule has 0 saturated heterocycles. The molecule has 0 fully saturated rings. The number of carbonyl (C=O) groups is 4. The second-order valence-electron chi connectivity index (χ2n) is 7.54. The third-order valence-electron chi connectivity index (χ3n) is 4.68. The van der Waals surface area contributed by atoms with Gasteiger partial charge in [-0.3, -0.25) is 14.4 Å². The number of carboxylic acids is 1. The number of nitrogens with zero attached hydrogens (tertiary/aromatic N) is 2. The van der Waals surface area contributed by atoms with Crippen molar-refractivity contribution in [3.8, 4) is 0 Å². The molecule has 0 radical (unpaired) electrons. The third kappa shape index (κ3) is 7.69. The molecule has 33 heavy (non-hydrogen) atoms. The summed E-state index contributed by atoms with van der Waals surface area (Å²) in [7, 11) is 0. The monoisotopic (exact) mass is 464 g/mol. The molecule has 0 spiro atoms. The zero-order valence-electron chi connectivity index (χ0n) is 18.1. The summed E-state index contributed by atoms with van der Waals surface area (Å²) in [6.45, 7) is 2.71. The number of nitrogens with two attached hydrogens (primary N) is 1. The van der Waals surface area contributed by atoms with Crippen molar-refractivity contribution in [2.45, 2.75) is 57.0 Å². The van der Waals surface area contributed by atoms with Crippen molar-refractivity contribution in [1.29, 1.82) is 0 Å². The van der Waals surface area contributed by atoms with Gasteiger partial charge < -0.3 is 41.9 Å². The Bertz CT molecular complexity index is 928. The lowest BCUT2D eigenvalue weighted by Crippen LogP contribution is -2.60. The number of H-pyrrole nitrogens is 2. The summed E-state index contributed by atoms with van der Waals surface area (Å²) in [5.41, 5.74) is 6.57. The maximum atomic E-state index is 12.9. The van der Waals surface area contributed by atoms with Gasteiger partial charge in [0.05, 0.1) is 24.8 Å². The molecule has 0 aliphatic heterocycles. The van der Waals surface area contributed by atoms with Crippen LogP contribution in [0.3, 0.4) is 0 Å². The molecule has 14 heteroatoms. The Hall–Kier alpha value is -3.78. The van der Waals surface area contributed by atoms with Crippen LogP contribution in [0.15, 0.2) is 25.0 Å². The summed E-state index contributed by atoms with van der Waals surface area (Å²) >= 11 is 0. The van der Waals surface area contributed by atoms with Crippen molar-refractivity contribution in [2.24, 2.45) is 5.73 Å². The Morgan fingerprint density at radius 3 is 1.85 bits per heavy atom. The molecule has 0 saturated carbocycles. The average Bonchev–Trinajstić information content (AvgIpc) is 3.44. The van der Waals surface area contributed by atoms with Crippen molar-refractivity contribution in [3.05, 3.63) is 36.4 Å². The zero-order valence-corrected chi connectivity index (χ0v) is 18.1. The summed E-state index contributed by atoms with van der Waals surface area (Å²) in [5.74, 6) is -3.60. The zero-order chi connectivity index (χ0) is 24.5. The largest absolute Gasteiger partial charge is 0.480 e. The van der Waals surface area contributed by atoms with Crippen LogP contribution in [-0.4, -0.2) is 84.1 Å². The number of hydrogen-bond donors (Lipinski definition) is 8. The van der Waals surface area contributed by atoms with E-state index in [0.717, 1.165) is 0 Å². The van der Waals surface area contributed by atoms with Crippen LogP contribution in [0.25, 0.3) is 0 Å². The lowest BCUT2D eigenvalue weighted by atomic mass is 10.1. The van der Waals surface area contributed by atoms with Crippen LogP contribution in [0.5, 0.6) is 0 Å². The lowest BCUT2D eigenvalue weighted by molar-refractivity contribution is -0.143. The Kier molecular flexibility index (Phi) is 9.06. The van der Waals surface area contributed by atoms with Gasteiger partial charge in [0, 0.05) is 36.6 Å². The summed E-state index contributed by atoms with van der Waals surface area (Å²) in [6.07, 6.45) is 4.19. The van der Waals surface area contributed by atoms with Gasteiger partial charge >= 0.3 is 5.97 Å². The summed E-state index contributed by atoms with van der Waals surface area (Å²) in [5, 5.41) is 26.7. The molecule has 14 nitrogen and oxygen atoms in total. The van der Waals surface area contributed by atoms with Gasteiger partial charge in [-0.1, -0.05) is 0 Å². The van der Waals surface area contributed by atoms with Crippen molar-refractivity contribution in [2.75, 3.05) is 0 Å². The minimum absolute atomic E-state index is 0.00994. The first-order valence-corrected chi connectivity index (χ1v) is 10.1. The normalized spacial score (nSPS) is 15.5. The predicted molar refractivity (Wildman–Crippen MR) is 113 cm³/mol. The fraction of sp³-hybridized carbons (Fsp3) is 0.474. The second-order valence-corrected chi connectivity index (χ2v) is 7.54. The number of aliphatic hydroxyl groups excluding tert-OH is 1. The predicted octanol–water partition coefficient (Wildman–Crippen LogP) is -2.81. The third-order valence-corrected chi connectivity index (χ3v) is 4.68. The molecule has 2 rings (SSSR count). The standard InChI is InChI=1S/C19H28N8O6/c1-9(20)16(29)25-13(3-11-5-21-7-23-11)17(30)27-15(10(2)28)18(31)26-14(19(32)33)4-12-6-22-8-24-12/h5-10,13-15,28H,3-4,20H2,1-2H3,(H,21,23)(H,22,24)(H,25,29)(H,26,31)(H,27,30)(H,32,33). The fourth-order valence-electron chi connectivity index (χ4n) is 2.87. The number of hydrogen-bond acceptors (Lipinski definition) is 8. The van der Waals surface area contributed by atoms with E-state index in [1.807, 2.05) is 0 Å². The van der Waals surface area contributed by atoms with E-state index in [-0.39, 0.29) is 12.8 Å². The van der Waals surface area contributed by atoms with Crippen LogP contribution in [0.4, 0.5) is 0 Å². The van der Waals surface area contributed by atoms with Gasteiger partial charge in [-0.2, -0.15) is 0 Å². The molecule has 2 aromatic heterocycles. The molecule has 0 aromatic carbocycles. The number of carboxylic acid groups (broad SMARTS) is 1. The highest BCUT2D eigenvalue weighted by Gasteiger charge is 2.33. The summed E-state index contributed by atoms with van der Waals surface area (Å²) in [4.78, 5) is 62.5. The first kappa shape index (κ1) is 25.5. The number of aromatic nitrogens is 4. The Labute approximate surface area is 188 Å². The first-order valence-electron chi connectivity index (χ1n) is 10.1. The first-order chi connectivity index (χ1) is 15.6.